The van der Waals surface area contributed by atoms with E-state index in [-0.39, 0.29) is 0 Å². The predicted octanol–water partition coefficient (Wildman–Crippen LogP) is 1.51. The predicted molar refractivity (Wildman–Crippen MR) is 73.3 cm³/mol. The molecular weight excluding hydrogens is 248 g/mol. The molecule has 0 radical (unpaired) electrons. The Morgan fingerprint density at radius 1 is 1.44 bits per heavy atom. The Hall–Kier alpha value is -1.66. The number of hydrogen-bond acceptors (Lipinski definition) is 6. The van der Waals surface area contributed by atoms with Crippen LogP contribution in [0.3, 0.4) is 0 Å². The van der Waals surface area contributed by atoms with E-state index in [9.17, 15) is 0 Å². The molecule has 0 aliphatic rings. The minimum absolute atomic E-state index is 0.588. The van der Waals surface area contributed by atoms with Gasteiger partial charge >= 0.3 is 0 Å². The average Bonchev–Trinajstić information content (AvgIpc) is 2.84. The second-order valence-corrected chi connectivity index (χ2v) is 4.51. The molecule has 2 rings (SSSR count). The number of ether oxygens (including phenoxy) is 1. The number of hydrogen-bond donors (Lipinski definition) is 2. The Balaban J connectivity index is 2.01. The van der Waals surface area contributed by atoms with Crippen LogP contribution in [0.25, 0.3) is 0 Å². The highest BCUT2D eigenvalue weighted by Gasteiger charge is 2.05. The standard InChI is InChI=1S/C12H16N4OS/c1-17-10-4-2-3-9(7-10)8-11-15-12(18-16-11)14-6-5-13/h2-4,7H,5-6,8,13H2,1H3,(H,14,15,16). The molecule has 1 aromatic heterocycles. The molecule has 0 fully saturated rings. The molecular formula is C12H16N4OS. The van der Waals surface area contributed by atoms with Crippen LogP contribution in [0, 0.1) is 0 Å². The van der Waals surface area contributed by atoms with E-state index in [4.69, 9.17) is 10.5 Å². The molecule has 0 spiro atoms. The number of nitrogens with one attached hydrogen (secondary N) is 1. The summed E-state index contributed by atoms with van der Waals surface area (Å²) >= 11 is 1.36. The van der Waals surface area contributed by atoms with Crippen LogP contribution < -0.4 is 15.8 Å². The summed E-state index contributed by atoms with van der Waals surface area (Å²) in [6.45, 7) is 1.30. The third-order valence-corrected chi connectivity index (χ3v) is 3.10. The first-order chi connectivity index (χ1) is 8.81. The fraction of sp³-hybridized carbons (Fsp3) is 0.333. The van der Waals surface area contributed by atoms with Gasteiger partial charge in [0.1, 0.15) is 11.6 Å². The molecule has 1 heterocycles. The lowest BCUT2D eigenvalue weighted by Crippen LogP contribution is -2.12. The van der Waals surface area contributed by atoms with Gasteiger partial charge in [-0.25, -0.2) is 4.98 Å². The topological polar surface area (TPSA) is 73.1 Å². The Morgan fingerprint density at radius 3 is 3.11 bits per heavy atom. The van der Waals surface area contributed by atoms with Gasteiger partial charge in [-0.1, -0.05) is 12.1 Å². The van der Waals surface area contributed by atoms with E-state index in [1.54, 1.807) is 7.11 Å². The van der Waals surface area contributed by atoms with Crippen LogP contribution in [0.1, 0.15) is 11.4 Å². The first-order valence-corrected chi connectivity index (χ1v) is 6.48. The van der Waals surface area contributed by atoms with Crippen molar-refractivity contribution in [1.29, 1.82) is 0 Å². The molecule has 0 unspecified atom stereocenters. The summed E-state index contributed by atoms with van der Waals surface area (Å²) in [5.74, 6) is 1.66. The molecule has 1 aromatic carbocycles. The summed E-state index contributed by atoms with van der Waals surface area (Å²) in [4.78, 5) is 4.40. The molecule has 0 atom stereocenters. The van der Waals surface area contributed by atoms with Gasteiger partial charge in [0.15, 0.2) is 0 Å². The molecule has 0 saturated heterocycles. The maximum absolute atomic E-state index is 5.42. The van der Waals surface area contributed by atoms with Crippen molar-refractivity contribution in [1.82, 2.24) is 9.36 Å². The highest BCUT2D eigenvalue weighted by atomic mass is 32.1. The number of benzene rings is 1. The lowest BCUT2D eigenvalue weighted by atomic mass is 10.1. The van der Waals surface area contributed by atoms with Crippen LogP contribution in [0.15, 0.2) is 24.3 Å². The molecule has 0 saturated carbocycles. The Kier molecular flexibility index (Phi) is 4.49. The summed E-state index contributed by atoms with van der Waals surface area (Å²) in [5.41, 5.74) is 6.56. The zero-order valence-corrected chi connectivity index (χ0v) is 11.0. The molecule has 18 heavy (non-hydrogen) atoms. The van der Waals surface area contributed by atoms with Crippen molar-refractivity contribution in [3.05, 3.63) is 35.7 Å². The summed E-state index contributed by atoms with van der Waals surface area (Å²) in [5, 5.41) is 3.94. The van der Waals surface area contributed by atoms with Crippen LogP contribution in [-0.2, 0) is 6.42 Å². The minimum Gasteiger partial charge on any atom is -0.497 e. The summed E-state index contributed by atoms with van der Waals surface area (Å²) in [6.07, 6.45) is 0.706. The third-order valence-electron chi connectivity index (χ3n) is 2.39. The van der Waals surface area contributed by atoms with Gasteiger partial charge in [0.2, 0.25) is 5.13 Å². The molecule has 6 heteroatoms. The average molecular weight is 264 g/mol. The van der Waals surface area contributed by atoms with Gasteiger partial charge in [0.05, 0.1) is 7.11 Å². The van der Waals surface area contributed by atoms with E-state index < -0.39 is 0 Å². The highest BCUT2D eigenvalue weighted by Crippen LogP contribution is 2.17. The number of methoxy groups -OCH3 is 1. The maximum Gasteiger partial charge on any atom is 0.202 e. The molecule has 0 aliphatic heterocycles. The van der Waals surface area contributed by atoms with E-state index in [2.05, 4.69) is 14.7 Å². The van der Waals surface area contributed by atoms with Crippen LogP contribution >= 0.6 is 11.5 Å². The molecule has 0 aliphatic carbocycles. The Bertz CT molecular complexity index is 500. The van der Waals surface area contributed by atoms with Gasteiger partial charge in [-0.15, -0.1) is 0 Å². The maximum atomic E-state index is 5.42. The van der Waals surface area contributed by atoms with Gasteiger partial charge in [0.25, 0.3) is 0 Å². The van der Waals surface area contributed by atoms with Crippen LogP contribution in [0.5, 0.6) is 5.75 Å². The molecule has 96 valence electrons. The monoisotopic (exact) mass is 264 g/mol. The smallest absolute Gasteiger partial charge is 0.202 e. The number of nitrogens with zero attached hydrogens (tertiary/aromatic N) is 2. The number of anilines is 1. The van der Waals surface area contributed by atoms with Crippen molar-refractivity contribution in [3.63, 3.8) is 0 Å². The van der Waals surface area contributed by atoms with Crippen molar-refractivity contribution in [2.45, 2.75) is 6.42 Å². The van der Waals surface area contributed by atoms with Gasteiger partial charge in [0, 0.05) is 31.0 Å². The van der Waals surface area contributed by atoms with E-state index in [0.29, 0.717) is 19.5 Å². The van der Waals surface area contributed by atoms with Crippen molar-refractivity contribution in [3.8, 4) is 5.75 Å². The second kappa shape index (κ2) is 6.32. The van der Waals surface area contributed by atoms with Gasteiger partial charge in [-0.2, -0.15) is 4.37 Å². The fourth-order valence-electron chi connectivity index (χ4n) is 1.54. The van der Waals surface area contributed by atoms with E-state index >= 15 is 0 Å². The second-order valence-electron chi connectivity index (χ2n) is 3.76. The van der Waals surface area contributed by atoms with Crippen molar-refractivity contribution >= 4 is 16.7 Å². The highest BCUT2D eigenvalue weighted by molar-refractivity contribution is 7.09. The quantitative estimate of drug-likeness (QED) is 0.827. The van der Waals surface area contributed by atoms with Gasteiger partial charge < -0.3 is 15.8 Å². The van der Waals surface area contributed by atoms with Crippen molar-refractivity contribution in [2.75, 3.05) is 25.5 Å². The lowest BCUT2D eigenvalue weighted by molar-refractivity contribution is 0.414. The van der Waals surface area contributed by atoms with Gasteiger partial charge in [-0.05, 0) is 17.7 Å². The molecule has 0 bridgehead atoms. The third kappa shape index (κ3) is 3.41. The number of rotatable bonds is 6. The zero-order chi connectivity index (χ0) is 12.8. The SMILES string of the molecule is COc1cccc(Cc2nsc(NCCN)n2)c1. The van der Waals surface area contributed by atoms with Gasteiger partial charge in [-0.3, -0.25) is 0 Å². The van der Waals surface area contributed by atoms with Crippen LogP contribution in [0.4, 0.5) is 5.13 Å². The number of aromatic nitrogens is 2. The summed E-state index contributed by atoms with van der Waals surface area (Å²) in [7, 11) is 1.66. The summed E-state index contributed by atoms with van der Waals surface area (Å²) < 4.78 is 9.49. The first-order valence-electron chi connectivity index (χ1n) is 5.71. The minimum atomic E-state index is 0.588. The Morgan fingerprint density at radius 2 is 2.33 bits per heavy atom. The van der Waals surface area contributed by atoms with E-state index in [1.165, 1.54) is 11.5 Å². The normalized spacial score (nSPS) is 10.3. The Labute approximate surface area is 110 Å². The molecule has 2 aromatic rings. The zero-order valence-electron chi connectivity index (χ0n) is 10.2. The lowest BCUT2D eigenvalue weighted by Gasteiger charge is -2.02. The fourth-order valence-corrected chi connectivity index (χ4v) is 2.15. The van der Waals surface area contributed by atoms with Crippen LogP contribution in [-0.4, -0.2) is 29.6 Å². The van der Waals surface area contributed by atoms with Crippen molar-refractivity contribution in [2.24, 2.45) is 5.73 Å². The van der Waals surface area contributed by atoms with E-state index in [0.717, 1.165) is 22.3 Å². The van der Waals surface area contributed by atoms with Crippen molar-refractivity contribution < 1.29 is 4.74 Å². The molecule has 5 nitrogen and oxygen atoms in total. The molecule has 3 N–H and O–H groups in total. The summed E-state index contributed by atoms with van der Waals surface area (Å²) in [6, 6.07) is 7.92. The number of nitrogens with two attached hydrogens (primary N) is 1. The largest absolute Gasteiger partial charge is 0.497 e. The van der Waals surface area contributed by atoms with Crippen LogP contribution in [0.2, 0.25) is 0 Å². The first kappa shape index (κ1) is 12.8. The van der Waals surface area contributed by atoms with E-state index in [1.807, 2.05) is 24.3 Å². The molecule has 0 amide bonds.